The van der Waals surface area contributed by atoms with E-state index in [1.807, 2.05) is 0 Å². The van der Waals surface area contributed by atoms with Gasteiger partial charge in [-0.2, -0.15) is 4.31 Å². The molecule has 3 N–H and O–H groups in total. The second-order valence-electron chi connectivity index (χ2n) is 5.25. The third-order valence-electron chi connectivity index (χ3n) is 3.88. The molecule has 2 aromatic rings. The number of oxazole rings is 1. The minimum absolute atomic E-state index is 0.0783. The van der Waals surface area contributed by atoms with Crippen LogP contribution in [0.4, 0.5) is 0 Å². The number of nitrogens with one attached hydrogen (secondary N) is 1. The minimum atomic E-state index is -3.68. The molecule has 1 fully saturated rings. The summed E-state index contributed by atoms with van der Waals surface area (Å²) in [5.41, 5.74) is 5.88. The summed E-state index contributed by atoms with van der Waals surface area (Å²) in [6.45, 7) is 0.492. The molecular formula is C13H15N3O5S. The van der Waals surface area contributed by atoms with Gasteiger partial charge in [-0.15, -0.1) is 0 Å². The molecule has 9 heteroatoms. The third kappa shape index (κ3) is 2.53. The van der Waals surface area contributed by atoms with Gasteiger partial charge in [0, 0.05) is 19.0 Å². The van der Waals surface area contributed by atoms with Gasteiger partial charge in [-0.1, -0.05) is 0 Å². The number of hydrogen-bond donors (Lipinski definition) is 2. The molecule has 1 aliphatic heterocycles. The Balaban J connectivity index is 1.88. The molecule has 1 aliphatic rings. The van der Waals surface area contributed by atoms with Gasteiger partial charge in [0.2, 0.25) is 15.9 Å². The molecule has 1 amide bonds. The zero-order valence-corrected chi connectivity index (χ0v) is 12.4. The van der Waals surface area contributed by atoms with Gasteiger partial charge in [-0.3, -0.25) is 9.78 Å². The molecule has 0 unspecified atom stereocenters. The van der Waals surface area contributed by atoms with E-state index in [0.29, 0.717) is 23.9 Å². The zero-order chi connectivity index (χ0) is 15.9. The van der Waals surface area contributed by atoms with Crippen LogP contribution >= 0.6 is 0 Å². The number of benzene rings is 1. The summed E-state index contributed by atoms with van der Waals surface area (Å²) in [7, 11) is -3.68. The molecule has 0 atom stereocenters. The Hall–Kier alpha value is -2.13. The predicted molar refractivity (Wildman–Crippen MR) is 77.5 cm³/mol. The fraction of sp³-hybridized carbons (Fsp3) is 0.385. The molecule has 3 rings (SSSR count). The van der Waals surface area contributed by atoms with E-state index in [-0.39, 0.29) is 23.9 Å². The molecule has 0 bridgehead atoms. The average Bonchev–Trinajstić information content (AvgIpc) is 2.86. The Morgan fingerprint density at radius 3 is 2.64 bits per heavy atom. The first-order valence-electron chi connectivity index (χ1n) is 6.80. The largest absolute Gasteiger partial charge is 0.417 e. The number of carbonyl (C=O) groups excluding carboxylic acids is 1. The number of carbonyl (C=O) groups is 1. The first-order valence-corrected chi connectivity index (χ1v) is 8.24. The maximum atomic E-state index is 12.6. The number of amides is 1. The first kappa shape index (κ1) is 14.8. The highest BCUT2D eigenvalue weighted by atomic mass is 32.2. The van der Waals surface area contributed by atoms with Crippen molar-refractivity contribution in [1.82, 2.24) is 9.29 Å². The summed E-state index contributed by atoms with van der Waals surface area (Å²) in [5, 5.41) is 0. The van der Waals surface area contributed by atoms with Crippen LogP contribution in [0.1, 0.15) is 12.8 Å². The first-order chi connectivity index (χ1) is 10.4. The van der Waals surface area contributed by atoms with Crippen molar-refractivity contribution in [1.29, 1.82) is 0 Å². The van der Waals surface area contributed by atoms with Gasteiger partial charge in [0.05, 0.1) is 10.4 Å². The zero-order valence-electron chi connectivity index (χ0n) is 11.6. The van der Waals surface area contributed by atoms with Gasteiger partial charge in [0.1, 0.15) is 0 Å². The van der Waals surface area contributed by atoms with Crippen LogP contribution in [0.5, 0.6) is 0 Å². The van der Waals surface area contributed by atoms with E-state index in [4.69, 9.17) is 10.2 Å². The number of primary amides is 1. The summed E-state index contributed by atoms with van der Waals surface area (Å²) in [4.78, 5) is 24.8. The number of fused-ring (bicyclic) bond motifs is 1. The molecule has 1 saturated heterocycles. The molecule has 8 nitrogen and oxygen atoms in total. The predicted octanol–water partition coefficient (Wildman–Crippen LogP) is 0.00710. The van der Waals surface area contributed by atoms with Gasteiger partial charge < -0.3 is 10.2 Å². The number of piperidine rings is 1. The smallest absolute Gasteiger partial charge is 0.408 e. The van der Waals surface area contributed by atoms with Gasteiger partial charge >= 0.3 is 5.76 Å². The number of sulfonamides is 1. The second kappa shape index (κ2) is 5.25. The molecule has 0 aliphatic carbocycles. The molecule has 118 valence electrons. The lowest BCUT2D eigenvalue weighted by molar-refractivity contribution is -0.122. The number of H-pyrrole nitrogens is 1. The Kier molecular flexibility index (Phi) is 3.53. The molecular weight excluding hydrogens is 310 g/mol. The van der Waals surface area contributed by atoms with Crippen molar-refractivity contribution in [2.45, 2.75) is 17.7 Å². The summed E-state index contributed by atoms with van der Waals surface area (Å²) < 4.78 is 31.4. The standard InChI is InChI=1S/C13H15N3O5S/c14-12(17)8-3-5-16(6-4-8)22(19,20)9-1-2-11-10(7-9)15-13(18)21-11/h1-2,7-8H,3-6H2,(H2,14,17)(H,15,18). The van der Waals surface area contributed by atoms with Crippen LogP contribution in [-0.2, 0) is 14.8 Å². The highest BCUT2D eigenvalue weighted by Gasteiger charge is 2.31. The highest BCUT2D eigenvalue weighted by molar-refractivity contribution is 7.89. The van der Waals surface area contributed by atoms with Crippen molar-refractivity contribution in [2.24, 2.45) is 11.7 Å². The molecule has 0 saturated carbocycles. The van der Waals surface area contributed by atoms with Gasteiger partial charge in [-0.25, -0.2) is 13.2 Å². The number of nitrogens with zero attached hydrogens (tertiary/aromatic N) is 1. The fourth-order valence-corrected chi connectivity index (χ4v) is 4.12. The highest BCUT2D eigenvalue weighted by Crippen LogP contribution is 2.25. The minimum Gasteiger partial charge on any atom is -0.408 e. The third-order valence-corrected chi connectivity index (χ3v) is 5.78. The number of rotatable bonds is 3. The molecule has 0 spiro atoms. The maximum Gasteiger partial charge on any atom is 0.417 e. The van der Waals surface area contributed by atoms with Crippen LogP contribution in [0, 0.1) is 5.92 Å². The van der Waals surface area contributed by atoms with Crippen molar-refractivity contribution in [3.63, 3.8) is 0 Å². The average molecular weight is 325 g/mol. The van der Waals surface area contributed by atoms with E-state index in [9.17, 15) is 18.0 Å². The van der Waals surface area contributed by atoms with E-state index >= 15 is 0 Å². The Morgan fingerprint density at radius 2 is 2.00 bits per heavy atom. The fourth-order valence-electron chi connectivity index (χ4n) is 2.62. The lowest BCUT2D eigenvalue weighted by Crippen LogP contribution is -2.41. The molecule has 1 aromatic heterocycles. The van der Waals surface area contributed by atoms with Gasteiger partial charge in [-0.05, 0) is 31.0 Å². The van der Waals surface area contributed by atoms with Crippen LogP contribution in [0.15, 0.2) is 32.3 Å². The monoisotopic (exact) mass is 325 g/mol. The number of nitrogens with two attached hydrogens (primary N) is 1. The number of aromatic amines is 1. The summed E-state index contributed by atoms with van der Waals surface area (Å²) >= 11 is 0. The van der Waals surface area contributed by atoms with Crippen molar-refractivity contribution >= 4 is 27.0 Å². The van der Waals surface area contributed by atoms with Crippen LogP contribution in [0.2, 0.25) is 0 Å². The van der Waals surface area contributed by atoms with E-state index in [2.05, 4.69) is 4.98 Å². The van der Waals surface area contributed by atoms with Crippen molar-refractivity contribution in [3.05, 3.63) is 28.7 Å². The number of hydrogen-bond acceptors (Lipinski definition) is 5. The van der Waals surface area contributed by atoms with Crippen LogP contribution in [-0.4, -0.2) is 36.7 Å². The lowest BCUT2D eigenvalue weighted by atomic mass is 9.98. The van der Waals surface area contributed by atoms with Crippen LogP contribution in [0.3, 0.4) is 0 Å². The molecule has 0 radical (unpaired) electrons. The van der Waals surface area contributed by atoms with Crippen molar-refractivity contribution < 1.29 is 17.6 Å². The van der Waals surface area contributed by atoms with E-state index in [0.717, 1.165) is 0 Å². The topological polar surface area (TPSA) is 126 Å². The van der Waals surface area contributed by atoms with Crippen LogP contribution in [0.25, 0.3) is 11.1 Å². The quantitative estimate of drug-likeness (QED) is 0.821. The summed E-state index contributed by atoms with van der Waals surface area (Å²) in [6, 6.07) is 4.21. The molecule has 2 heterocycles. The van der Waals surface area contributed by atoms with Gasteiger partial charge in [0.25, 0.3) is 0 Å². The van der Waals surface area contributed by atoms with E-state index in [1.165, 1.54) is 22.5 Å². The lowest BCUT2D eigenvalue weighted by Gasteiger charge is -2.29. The normalized spacial score (nSPS) is 17.8. The number of aromatic nitrogens is 1. The second-order valence-corrected chi connectivity index (χ2v) is 7.19. The Morgan fingerprint density at radius 1 is 1.32 bits per heavy atom. The molecule has 1 aromatic carbocycles. The van der Waals surface area contributed by atoms with Gasteiger partial charge in [0.15, 0.2) is 5.58 Å². The summed E-state index contributed by atoms with van der Waals surface area (Å²) in [6.07, 6.45) is 0.832. The van der Waals surface area contributed by atoms with Crippen molar-refractivity contribution in [2.75, 3.05) is 13.1 Å². The van der Waals surface area contributed by atoms with Crippen LogP contribution < -0.4 is 11.5 Å². The Labute approximate surface area is 125 Å². The summed E-state index contributed by atoms with van der Waals surface area (Å²) in [5.74, 6) is -1.31. The Bertz CT molecular complexity index is 874. The van der Waals surface area contributed by atoms with Crippen molar-refractivity contribution in [3.8, 4) is 0 Å². The maximum absolute atomic E-state index is 12.6. The van der Waals surface area contributed by atoms with E-state index in [1.54, 1.807) is 0 Å². The SMILES string of the molecule is NC(=O)C1CCN(S(=O)(=O)c2ccc3oc(=O)[nH]c3c2)CC1. The molecule has 22 heavy (non-hydrogen) atoms. The van der Waals surface area contributed by atoms with E-state index < -0.39 is 21.7 Å².